The molecule has 0 aliphatic carbocycles. The molecule has 5 nitrogen and oxygen atoms in total. The molecule has 0 aromatic carbocycles. The van der Waals surface area contributed by atoms with E-state index >= 15 is 0 Å². The average Bonchev–Trinajstić information content (AvgIpc) is 2.17. The van der Waals surface area contributed by atoms with Gasteiger partial charge in [0.05, 0.1) is 12.2 Å². The summed E-state index contributed by atoms with van der Waals surface area (Å²) >= 11 is 0. The van der Waals surface area contributed by atoms with E-state index in [0.717, 1.165) is 12.2 Å². The molecule has 0 spiro atoms. The molecule has 0 saturated heterocycles. The Morgan fingerprint density at radius 2 is 2.54 bits per heavy atom. The number of nitrogens with two attached hydrogens (primary N) is 1. The van der Waals surface area contributed by atoms with Crippen LogP contribution in [0.15, 0.2) is 23.6 Å². The van der Waals surface area contributed by atoms with Crippen LogP contribution in [-0.2, 0) is 6.54 Å². The van der Waals surface area contributed by atoms with E-state index in [1.165, 1.54) is 6.33 Å². The molecule has 0 fully saturated rings. The van der Waals surface area contributed by atoms with Crippen LogP contribution in [0, 0.1) is 0 Å². The molecule has 0 bridgehead atoms. The summed E-state index contributed by atoms with van der Waals surface area (Å²) in [4.78, 5) is 11.9. The standard InChI is InChI=1S/C8H13N5/c1-2-11-8(9)12-5-7-3-4-10-6-13-7/h3-4,6H,2,5H2,1H3,(H3,9,11,12). The van der Waals surface area contributed by atoms with Crippen molar-refractivity contribution in [2.45, 2.75) is 13.5 Å². The van der Waals surface area contributed by atoms with Gasteiger partial charge in [0.25, 0.3) is 0 Å². The molecule has 5 heteroatoms. The smallest absolute Gasteiger partial charge is 0.188 e. The fraction of sp³-hybridized carbons (Fsp3) is 0.375. The summed E-state index contributed by atoms with van der Waals surface area (Å²) in [7, 11) is 0. The summed E-state index contributed by atoms with van der Waals surface area (Å²) < 4.78 is 0. The highest BCUT2D eigenvalue weighted by molar-refractivity contribution is 5.77. The second-order valence-corrected chi connectivity index (χ2v) is 2.43. The Morgan fingerprint density at radius 1 is 1.69 bits per heavy atom. The summed E-state index contributed by atoms with van der Waals surface area (Å²) in [5, 5.41) is 2.90. The van der Waals surface area contributed by atoms with Crippen molar-refractivity contribution in [2.75, 3.05) is 6.54 Å². The third kappa shape index (κ3) is 3.50. The van der Waals surface area contributed by atoms with Gasteiger partial charge in [0, 0.05) is 12.7 Å². The van der Waals surface area contributed by atoms with Gasteiger partial charge >= 0.3 is 0 Å². The third-order valence-corrected chi connectivity index (χ3v) is 1.41. The molecule has 0 unspecified atom stereocenters. The van der Waals surface area contributed by atoms with Crippen LogP contribution in [0.2, 0.25) is 0 Å². The van der Waals surface area contributed by atoms with E-state index in [1.54, 1.807) is 6.20 Å². The molecular formula is C8H13N5. The van der Waals surface area contributed by atoms with Crippen LogP contribution in [0.4, 0.5) is 0 Å². The molecule has 0 amide bonds. The lowest BCUT2D eigenvalue weighted by Crippen LogP contribution is -2.31. The Labute approximate surface area is 77.1 Å². The Bertz CT molecular complexity index is 269. The van der Waals surface area contributed by atoms with Gasteiger partial charge < -0.3 is 11.1 Å². The van der Waals surface area contributed by atoms with Crippen molar-refractivity contribution in [3.8, 4) is 0 Å². The Morgan fingerprint density at radius 3 is 3.15 bits per heavy atom. The van der Waals surface area contributed by atoms with Crippen LogP contribution in [-0.4, -0.2) is 22.5 Å². The second-order valence-electron chi connectivity index (χ2n) is 2.43. The van der Waals surface area contributed by atoms with Crippen LogP contribution < -0.4 is 11.1 Å². The van der Waals surface area contributed by atoms with Crippen molar-refractivity contribution in [2.24, 2.45) is 10.7 Å². The largest absolute Gasteiger partial charge is 0.370 e. The minimum Gasteiger partial charge on any atom is -0.370 e. The minimum atomic E-state index is 0.445. The first-order valence-electron chi connectivity index (χ1n) is 4.11. The van der Waals surface area contributed by atoms with Gasteiger partial charge in [-0.05, 0) is 13.0 Å². The maximum atomic E-state index is 5.53. The van der Waals surface area contributed by atoms with Gasteiger partial charge in [-0.2, -0.15) is 0 Å². The highest BCUT2D eigenvalue weighted by Gasteiger charge is 1.91. The molecule has 1 rings (SSSR count). The number of nitrogens with zero attached hydrogens (tertiary/aromatic N) is 3. The molecule has 0 aliphatic rings. The summed E-state index contributed by atoms with van der Waals surface area (Å²) in [6.07, 6.45) is 3.18. The monoisotopic (exact) mass is 179 g/mol. The molecule has 1 heterocycles. The van der Waals surface area contributed by atoms with Gasteiger partial charge in [0.1, 0.15) is 6.33 Å². The molecule has 70 valence electrons. The van der Waals surface area contributed by atoms with E-state index in [9.17, 15) is 0 Å². The number of hydrogen-bond acceptors (Lipinski definition) is 3. The molecule has 0 radical (unpaired) electrons. The first-order chi connectivity index (χ1) is 6.33. The predicted octanol–water partition coefficient (Wildman–Crippen LogP) is -0.0992. The van der Waals surface area contributed by atoms with Gasteiger partial charge in [-0.3, -0.25) is 0 Å². The third-order valence-electron chi connectivity index (χ3n) is 1.41. The molecule has 13 heavy (non-hydrogen) atoms. The molecule has 0 atom stereocenters. The van der Waals surface area contributed by atoms with E-state index in [4.69, 9.17) is 5.73 Å². The maximum absolute atomic E-state index is 5.53. The van der Waals surface area contributed by atoms with Crippen LogP contribution in [0.5, 0.6) is 0 Å². The fourth-order valence-corrected chi connectivity index (χ4v) is 0.815. The summed E-state index contributed by atoms with van der Waals surface area (Å²) in [6, 6.07) is 1.81. The number of aromatic nitrogens is 2. The van der Waals surface area contributed by atoms with E-state index in [0.29, 0.717) is 12.5 Å². The van der Waals surface area contributed by atoms with Crippen molar-refractivity contribution in [1.29, 1.82) is 0 Å². The molecule has 0 aliphatic heterocycles. The maximum Gasteiger partial charge on any atom is 0.188 e. The first kappa shape index (κ1) is 9.44. The molecule has 3 N–H and O–H groups in total. The SMILES string of the molecule is CCNC(N)=NCc1ccncn1. The molecule has 1 aromatic heterocycles. The van der Waals surface area contributed by atoms with Crippen LogP contribution in [0.25, 0.3) is 0 Å². The number of aliphatic imine (C=N–C) groups is 1. The average molecular weight is 179 g/mol. The normalized spacial score (nSPS) is 11.3. The van der Waals surface area contributed by atoms with E-state index in [1.807, 2.05) is 13.0 Å². The minimum absolute atomic E-state index is 0.445. The van der Waals surface area contributed by atoms with Crippen LogP contribution >= 0.6 is 0 Å². The Balaban J connectivity index is 2.47. The van der Waals surface area contributed by atoms with Crippen molar-refractivity contribution in [3.63, 3.8) is 0 Å². The highest BCUT2D eigenvalue weighted by atomic mass is 15.1. The first-order valence-corrected chi connectivity index (χ1v) is 4.11. The lowest BCUT2D eigenvalue weighted by Gasteiger charge is -2.00. The zero-order chi connectivity index (χ0) is 9.52. The van der Waals surface area contributed by atoms with Crippen LogP contribution in [0.3, 0.4) is 0 Å². The van der Waals surface area contributed by atoms with Gasteiger partial charge in [-0.25, -0.2) is 15.0 Å². The number of hydrogen-bond donors (Lipinski definition) is 2. The number of rotatable bonds is 3. The lowest BCUT2D eigenvalue weighted by molar-refractivity contribution is 0.904. The van der Waals surface area contributed by atoms with Crippen LogP contribution in [0.1, 0.15) is 12.6 Å². The van der Waals surface area contributed by atoms with Gasteiger partial charge in [0.2, 0.25) is 0 Å². The number of nitrogens with one attached hydrogen (secondary N) is 1. The molecule has 1 aromatic rings. The van der Waals surface area contributed by atoms with Gasteiger partial charge in [-0.15, -0.1) is 0 Å². The number of guanidine groups is 1. The molecular weight excluding hydrogens is 166 g/mol. The quantitative estimate of drug-likeness (QED) is 0.502. The van der Waals surface area contributed by atoms with Crippen molar-refractivity contribution >= 4 is 5.96 Å². The summed E-state index contributed by atoms with van der Waals surface area (Å²) in [5.74, 6) is 0.445. The highest BCUT2D eigenvalue weighted by Crippen LogP contribution is 1.92. The second kappa shape index (κ2) is 5.08. The molecule has 0 saturated carbocycles. The Kier molecular flexibility index (Phi) is 3.69. The van der Waals surface area contributed by atoms with E-state index in [-0.39, 0.29) is 0 Å². The summed E-state index contributed by atoms with van der Waals surface area (Å²) in [6.45, 7) is 3.23. The van der Waals surface area contributed by atoms with E-state index < -0.39 is 0 Å². The van der Waals surface area contributed by atoms with Gasteiger partial charge in [-0.1, -0.05) is 0 Å². The van der Waals surface area contributed by atoms with Crippen molar-refractivity contribution in [1.82, 2.24) is 15.3 Å². The summed E-state index contributed by atoms with van der Waals surface area (Å²) in [5.41, 5.74) is 6.38. The zero-order valence-electron chi connectivity index (χ0n) is 7.57. The predicted molar refractivity (Wildman–Crippen MR) is 51.0 cm³/mol. The lowest BCUT2D eigenvalue weighted by atomic mass is 10.4. The van der Waals surface area contributed by atoms with Gasteiger partial charge in [0.15, 0.2) is 5.96 Å². The van der Waals surface area contributed by atoms with Crippen molar-refractivity contribution < 1.29 is 0 Å². The zero-order valence-corrected chi connectivity index (χ0v) is 7.57. The van der Waals surface area contributed by atoms with Crippen molar-refractivity contribution in [3.05, 3.63) is 24.3 Å². The topological polar surface area (TPSA) is 76.2 Å². The Hall–Kier alpha value is -1.65. The van der Waals surface area contributed by atoms with E-state index in [2.05, 4.69) is 20.3 Å². The fourth-order valence-electron chi connectivity index (χ4n) is 0.815.